The van der Waals surface area contributed by atoms with Crippen LogP contribution >= 0.6 is 0 Å². The number of amides is 1. The minimum Gasteiger partial charge on any atom is -0.481 e. The number of ether oxygens (including phenoxy) is 1. The van der Waals surface area contributed by atoms with Gasteiger partial charge in [-0.2, -0.15) is 0 Å². The Balaban J connectivity index is 1.89. The van der Waals surface area contributed by atoms with E-state index in [1.54, 1.807) is 0 Å². The summed E-state index contributed by atoms with van der Waals surface area (Å²) in [6.07, 6.45) is 2.89. The zero-order valence-electron chi connectivity index (χ0n) is 11.0. The molecule has 1 aliphatic rings. The lowest BCUT2D eigenvalue weighted by Gasteiger charge is -2.12. The lowest BCUT2D eigenvalue weighted by molar-refractivity contribution is -0.123. The molecule has 1 fully saturated rings. The Kier molecular flexibility index (Phi) is 4.41. The van der Waals surface area contributed by atoms with Crippen LogP contribution in [0.15, 0.2) is 18.5 Å². The molecule has 1 amide bonds. The maximum Gasteiger partial charge on any atom is 0.339 e. The van der Waals surface area contributed by atoms with Gasteiger partial charge in [0.1, 0.15) is 5.56 Å². The number of carboxylic acids is 1. The Morgan fingerprint density at radius 3 is 2.86 bits per heavy atom. The molecule has 2 rings (SSSR count). The molecule has 0 saturated carbocycles. The SMILES string of the molecule is O=C(COc1cnccc1C(=O)O)NC1CCS(=O)(=O)C1. The second-order valence-electron chi connectivity index (χ2n) is 4.63. The zero-order valence-corrected chi connectivity index (χ0v) is 11.8. The van der Waals surface area contributed by atoms with Gasteiger partial charge in [-0.15, -0.1) is 0 Å². The van der Waals surface area contributed by atoms with E-state index in [1.165, 1.54) is 18.5 Å². The predicted octanol–water partition coefficient (Wildman–Crippen LogP) is -0.538. The standard InChI is InChI=1S/C12H14N2O6S/c15-11(14-8-2-4-21(18,19)7-8)6-20-10-5-13-3-1-9(10)12(16)17/h1,3,5,8H,2,4,6-7H2,(H,14,15)(H,16,17). The molecule has 1 saturated heterocycles. The summed E-state index contributed by atoms with van der Waals surface area (Å²) in [5, 5.41) is 11.5. The van der Waals surface area contributed by atoms with Gasteiger partial charge in [0.2, 0.25) is 0 Å². The number of carboxylic acid groups (broad SMARTS) is 1. The largest absolute Gasteiger partial charge is 0.481 e. The van der Waals surface area contributed by atoms with Gasteiger partial charge in [-0.3, -0.25) is 9.78 Å². The monoisotopic (exact) mass is 314 g/mol. The summed E-state index contributed by atoms with van der Waals surface area (Å²) in [7, 11) is -3.07. The molecule has 1 aromatic heterocycles. The first-order chi connectivity index (χ1) is 9.87. The minimum atomic E-state index is -3.07. The Hall–Kier alpha value is -2.16. The van der Waals surface area contributed by atoms with Crippen molar-refractivity contribution in [3.05, 3.63) is 24.0 Å². The van der Waals surface area contributed by atoms with Crippen molar-refractivity contribution in [2.24, 2.45) is 0 Å². The molecule has 0 aromatic carbocycles. The molecule has 1 unspecified atom stereocenters. The van der Waals surface area contributed by atoms with E-state index in [2.05, 4.69) is 10.3 Å². The third-order valence-electron chi connectivity index (χ3n) is 2.97. The molecule has 0 radical (unpaired) electrons. The van der Waals surface area contributed by atoms with Crippen molar-refractivity contribution in [1.29, 1.82) is 0 Å². The Morgan fingerprint density at radius 1 is 1.48 bits per heavy atom. The van der Waals surface area contributed by atoms with Crippen molar-refractivity contribution in [2.75, 3.05) is 18.1 Å². The fourth-order valence-electron chi connectivity index (χ4n) is 1.99. The molecule has 1 atom stereocenters. The van der Waals surface area contributed by atoms with E-state index in [0.29, 0.717) is 6.42 Å². The van der Waals surface area contributed by atoms with E-state index >= 15 is 0 Å². The number of pyridine rings is 1. The quantitative estimate of drug-likeness (QED) is 0.748. The number of hydrogen-bond acceptors (Lipinski definition) is 6. The van der Waals surface area contributed by atoms with Gasteiger partial charge < -0.3 is 15.2 Å². The third kappa shape index (κ3) is 4.15. The molecule has 8 nitrogen and oxygen atoms in total. The number of aromatic nitrogens is 1. The topological polar surface area (TPSA) is 123 Å². The van der Waals surface area contributed by atoms with Crippen molar-refractivity contribution in [3.8, 4) is 5.75 Å². The maximum atomic E-state index is 11.7. The molecule has 2 N–H and O–H groups in total. The van der Waals surface area contributed by atoms with E-state index in [1.807, 2.05) is 0 Å². The molecule has 2 heterocycles. The molecule has 1 aromatic rings. The molecule has 21 heavy (non-hydrogen) atoms. The average Bonchev–Trinajstić information content (AvgIpc) is 2.75. The van der Waals surface area contributed by atoms with Crippen LogP contribution in [0.4, 0.5) is 0 Å². The molecule has 0 aliphatic carbocycles. The van der Waals surface area contributed by atoms with Gasteiger partial charge >= 0.3 is 5.97 Å². The second kappa shape index (κ2) is 6.08. The highest BCUT2D eigenvalue weighted by Gasteiger charge is 2.29. The van der Waals surface area contributed by atoms with E-state index in [9.17, 15) is 18.0 Å². The lowest BCUT2D eigenvalue weighted by Crippen LogP contribution is -2.38. The summed E-state index contributed by atoms with van der Waals surface area (Å²) >= 11 is 0. The van der Waals surface area contributed by atoms with Gasteiger partial charge in [0.15, 0.2) is 22.2 Å². The number of hydrogen-bond donors (Lipinski definition) is 2. The first kappa shape index (κ1) is 15.2. The van der Waals surface area contributed by atoms with Gasteiger partial charge in [0.25, 0.3) is 5.91 Å². The molecule has 1 aliphatic heterocycles. The highest BCUT2D eigenvalue weighted by atomic mass is 32.2. The van der Waals surface area contributed by atoms with Gasteiger partial charge in [-0.05, 0) is 12.5 Å². The number of carbonyl (C=O) groups excluding carboxylic acids is 1. The number of aromatic carboxylic acids is 1. The van der Waals surface area contributed by atoms with E-state index < -0.39 is 34.4 Å². The van der Waals surface area contributed by atoms with Gasteiger partial charge in [0, 0.05) is 12.2 Å². The minimum absolute atomic E-state index is 0.0146. The second-order valence-corrected chi connectivity index (χ2v) is 6.86. The maximum absolute atomic E-state index is 11.7. The highest BCUT2D eigenvalue weighted by Crippen LogP contribution is 2.16. The molecule has 9 heteroatoms. The predicted molar refractivity (Wildman–Crippen MR) is 71.9 cm³/mol. The first-order valence-corrected chi connectivity index (χ1v) is 7.99. The smallest absolute Gasteiger partial charge is 0.339 e. The van der Waals surface area contributed by atoms with Crippen LogP contribution < -0.4 is 10.1 Å². The van der Waals surface area contributed by atoms with Gasteiger partial charge in [0.05, 0.1) is 17.7 Å². The lowest BCUT2D eigenvalue weighted by atomic mass is 10.2. The highest BCUT2D eigenvalue weighted by molar-refractivity contribution is 7.91. The molecule has 0 spiro atoms. The number of nitrogens with one attached hydrogen (secondary N) is 1. The van der Waals surface area contributed by atoms with Crippen LogP contribution in [0.3, 0.4) is 0 Å². The Bertz CT molecular complexity index is 657. The van der Waals surface area contributed by atoms with Crippen molar-refractivity contribution in [2.45, 2.75) is 12.5 Å². The molecular weight excluding hydrogens is 300 g/mol. The molecule has 0 bridgehead atoms. The average molecular weight is 314 g/mol. The normalized spacial score (nSPS) is 19.9. The van der Waals surface area contributed by atoms with Crippen LogP contribution in [0.5, 0.6) is 5.75 Å². The summed E-state index contributed by atoms with van der Waals surface area (Å²) < 4.78 is 27.6. The fourth-order valence-corrected chi connectivity index (χ4v) is 3.67. The molecular formula is C12H14N2O6S. The molecule has 114 valence electrons. The summed E-state index contributed by atoms with van der Waals surface area (Å²) in [5.41, 5.74) is -0.0961. The van der Waals surface area contributed by atoms with E-state index in [4.69, 9.17) is 9.84 Å². The summed E-state index contributed by atoms with van der Waals surface area (Å²) in [6.45, 7) is -0.400. The van der Waals surface area contributed by atoms with Crippen molar-refractivity contribution >= 4 is 21.7 Å². The van der Waals surface area contributed by atoms with Crippen LogP contribution in [-0.4, -0.2) is 54.5 Å². The summed E-state index contributed by atoms with van der Waals surface area (Å²) in [4.78, 5) is 26.3. The van der Waals surface area contributed by atoms with E-state index in [-0.39, 0.29) is 22.8 Å². The van der Waals surface area contributed by atoms with Crippen LogP contribution in [-0.2, 0) is 14.6 Å². The zero-order chi connectivity index (χ0) is 15.5. The number of carbonyl (C=O) groups is 2. The fraction of sp³-hybridized carbons (Fsp3) is 0.417. The van der Waals surface area contributed by atoms with Crippen molar-refractivity contribution in [3.63, 3.8) is 0 Å². The van der Waals surface area contributed by atoms with Gasteiger partial charge in [-0.1, -0.05) is 0 Å². The van der Waals surface area contributed by atoms with Crippen LogP contribution in [0.1, 0.15) is 16.8 Å². The van der Waals surface area contributed by atoms with Crippen LogP contribution in [0, 0.1) is 0 Å². The number of sulfone groups is 1. The van der Waals surface area contributed by atoms with Crippen molar-refractivity contribution in [1.82, 2.24) is 10.3 Å². The van der Waals surface area contributed by atoms with Gasteiger partial charge in [-0.25, -0.2) is 13.2 Å². The Morgan fingerprint density at radius 2 is 2.24 bits per heavy atom. The first-order valence-electron chi connectivity index (χ1n) is 6.17. The summed E-state index contributed by atoms with van der Waals surface area (Å²) in [5.74, 6) is -1.72. The Labute approximate surface area is 121 Å². The summed E-state index contributed by atoms with van der Waals surface area (Å²) in [6, 6.07) is 0.845. The number of rotatable bonds is 5. The number of nitrogens with zero attached hydrogens (tertiary/aromatic N) is 1. The third-order valence-corrected chi connectivity index (χ3v) is 4.74. The van der Waals surface area contributed by atoms with Crippen LogP contribution in [0.25, 0.3) is 0 Å². The van der Waals surface area contributed by atoms with Crippen molar-refractivity contribution < 1.29 is 27.9 Å². The van der Waals surface area contributed by atoms with Crippen LogP contribution in [0.2, 0.25) is 0 Å². The van der Waals surface area contributed by atoms with E-state index in [0.717, 1.165) is 0 Å².